The van der Waals surface area contributed by atoms with E-state index in [1.54, 1.807) is 24.0 Å². The number of hydrogen-bond acceptors (Lipinski definition) is 4. The topological polar surface area (TPSA) is 49.3 Å². The fourth-order valence-electron chi connectivity index (χ4n) is 2.75. The van der Waals surface area contributed by atoms with Gasteiger partial charge in [-0.3, -0.25) is 9.69 Å². The van der Waals surface area contributed by atoms with Gasteiger partial charge < -0.3 is 4.90 Å². The summed E-state index contributed by atoms with van der Waals surface area (Å²) in [5, 5.41) is 0. The molecule has 1 amide bonds. The van der Waals surface area contributed by atoms with Crippen molar-refractivity contribution in [2.24, 2.45) is 0 Å². The van der Waals surface area contributed by atoms with Crippen LogP contribution in [0.4, 0.5) is 30.6 Å². The summed E-state index contributed by atoms with van der Waals surface area (Å²) in [5.74, 6) is -2.78. The molecule has 1 fully saturated rings. The average molecular weight is 476 g/mol. The first kappa shape index (κ1) is 18.9. The summed E-state index contributed by atoms with van der Waals surface area (Å²) in [5.41, 5.74) is 0.620. The summed E-state index contributed by atoms with van der Waals surface area (Å²) in [4.78, 5) is 22.9. The first-order valence-electron chi connectivity index (χ1n) is 7.97. The Balaban J connectivity index is 1.94. The van der Waals surface area contributed by atoms with Gasteiger partial charge in [-0.1, -0.05) is 0 Å². The number of piperidine rings is 1. The van der Waals surface area contributed by atoms with Gasteiger partial charge >= 0.3 is 0 Å². The fraction of sp³-hybridized carbons (Fsp3) is 0.353. The lowest BCUT2D eigenvalue weighted by molar-refractivity contribution is -0.106. The monoisotopic (exact) mass is 476 g/mol. The van der Waals surface area contributed by atoms with Crippen molar-refractivity contribution in [3.63, 3.8) is 0 Å². The van der Waals surface area contributed by atoms with Crippen molar-refractivity contribution in [3.05, 3.63) is 39.3 Å². The number of amides is 1. The predicted octanol–water partition coefficient (Wildman–Crippen LogP) is 4.06. The van der Waals surface area contributed by atoms with Crippen molar-refractivity contribution in [2.45, 2.75) is 25.7 Å². The third-order valence-electron chi connectivity index (χ3n) is 4.13. The van der Waals surface area contributed by atoms with Crippen LogP contribution in [0.2, 0.25) is 0 Å². The highest BCUT2D eigenvalue weighted by Crippen LogP contribution is 2.31. The summed E-state index contributed by atoms with van der Waals surface area (Å²) in [6.07, 6.45) is -0.0766. The summed E-state index contributed by atoms with van der Waals surface area (Å²) in [6.45, 7) is 1.95. The number of aromatic nitrogens is 2. The largest absolute Gasteiger partial charge is 0.340 e. The second kappa shape index (κ2) is 7.37. The molecular formula is C17H16F3IN4O. The van der Waals surface area contributed by atoms with Crippen molar-refractivity contribution < 1.29 is 18.0 Å². The van der Waals surface area contributed by atoms with E-state index in [0.29, 0.717) is 15.7 Å². The van der Waals surface area contributed by atoms with Crippen LogP contribution in [0.25, 0.3) is 0 Å². The zero-order valence-corrected chi connectivity index (χ0v) is 16.1. The molecule has 0 atom stereocenters. The van der Waals surface area contributed by atoms with Gasteiger partial charge in [-0.2, -0.15) is 4.98 Å². The van der Waals surface area contributed by atoms with E-state index >= 15 is 0 Å². The van der Waals surface area contributed by atoms with Crippen molar-refractivity contribution in [3.8, 4) is 0 Å². The summed E-state index contributed by atoms with van der Waals surface area (Å²) in [6, 6.07) is 6.03. The van der Waals surface area contributed by atoms with Gasteiger partial charge in [0.25, 0.3) is 5.92 Å². The predicted molar refractivity (Wildman–Crippen MR) is 100 cm³/mol. The molecule has 2 aromatic rings. The van der Waals surface area contributed by atoms with Crippen molar-refractivity contribution >= 4 is 46.5 Å². The van der Waals surface area contributed by atoms with Crippen LogP contribution < -0.4 is 9.80 Å². The van der Waals surface area contributed by atoms with Crippen LogP contribution in [0.5, 0.6) is 0 Å². The van der Waals surface area contributed by atoms with Crippen LogP contribution in [0.15, 0.2) is 24.3 Å². The van der Waals surface area contributed by atoms with Crippen LogP contribution in [-0.4, -0.2) is 35.4 Å². The fourth-order valence-corrected chi connectivity index (χ4v) is 3.20. The number of carbonyl (C=O) groups is 1. The SMILES string of the molecule is Cc1cc(N(C=O)c2ccc(I)cc2F)nc(N2CCC(F)(F)CC2)n1. The van der Waals surface area contributed by atoms with E-state index in [1.165, 1.54) is 12.1 Å². The van der Waals surface area contributed by atoms with E-state index in [4.69, 9.17) is 0 Å². The minimum absolute atomic E-state index is 0.0645. The number of carbonyl (C=O) groups excluding carboxylic acids is 1. The molecule has 0 saturated carbocycles. The lowest BCUT2D eigenvalue weighted by Crippen LogP contribution is -2.40. The second-order valence-electron chi connectivity index (χ2n) is 6.08. The molecule has 0 unspecified atom stereocenters. The van der Waals surface area contributed by atoms with Gasteiger partial charge in [0.1, 0.15) is 11.6 Å². The Hall–Kier alpha value is -1.91. The molecular weight excluding hydrogens is 460 g/mol. The molecule has 2 heterocycles. The molecule has 26 heavy (non-hydrogen) atoms. The summed E-state index contributed by atoms with van der Waals surface area (Å²) in [7, 11) is 0. The molecule has 1 saturated heterocycles. The Morgan fingerprint density at radius 2 is 1.92 bits per heavy atom. The van der Waals surface area contributed by atoms with E-state index in [2.05, 4.69) is 9.97 Å². The minimum Gasteiger partial charge on any atom is -0.340 e. The molecule has 1 aromatic carbocycles. The van der Waals surface area contributed by atoms with Gasteiger partial charge in [0.05, 0.1) is 5.69 Å². The van der Waals surface area contributed by atoms with E-state index < -0.39 is 11.7 Å². The molecule has 138 valence electrons. The molecule has 3 rings (SSSR count). The van der Waals surface area contributed by atoms with Crippen LogP contribution in [0.1, 0.15) is 18.5 Å². The molecule has 0 aliphatic carbocycles. The maximum Gasteiger partial charge on any atom is 0.251 e. The number of anilines is 3. The van der Waals surface area contributed by atoms with Crippen LogP contribution >= 0.6 is 22.6 Å². The minimum atomic E-state index is -2.68. The molecule has 1 aliphatic rings. The molecule has 1 aliphatic heterocycles. The number of hydrogen-bond donors (Lipinski definition) is 0. The summed E-state index contributed by atoms with van der Waals surface area (Å²) < 4.78 is 41.7. The number of rotatable bonds is 4. The Kier molecular flexibility index (Phi) is 5.35. The van der Waals surface area contributed by atoms with Crippen molar-refractivity contribution in [1.29, 1.82) is 0 Å². The van der Waals surface area contributed by atoms with Gasteiger partial charge in [-0.15, -0.1) is 0 Å². The van der Waals surface area contributed by atoms with E-state index in [1.807, 2.05) is 22.6 Å². The zero-order chi connectivity index (χ0) is 18.9. The first-order chi connectivity index (χ1) is 12.3. The third-order valence-corrected chi connectivity index (χ3v) is 4.80. The Morgan fingerprint density at radius 3 is 2.54 bits per heavy atom. The maximum absolute atomic E-state index is 14.3. The molecule has 1 aromatic heterocycles. The number of alkyl halides is 2. The van der Waals surface area contributed by atoms with Crippen molar-refractivity contribution in [1.82, 2.24) is 9.97 Å². The van der Waals surface area contributed by atoms with Crippen LogP contribution in [0, 0.1) is 16.3 Å². The molecule has 0 radical (unpaired) electrons. The number of benzene rings is 1. The Labute approximate surface area is 162 Å². The summed E-state index contributed by atoms with van der Waals surface area (Å²) >= 11 is 1.97. The number of halogens is 4. The van der Waals surface area contributed by atoms with Gasteiger partial charge in [-0.05, 0) is 47.7 Å². The highest BCUT2D eigenvalue weighted by molar-refractivity contribution is 14.1. The maximum atomic E-state index is 14.3. The second-order valence-corrected chi connectivity index (χ2v) is 7.33. The molecule has 0 N–H and O–H groups in total. The Morgan fingerprint density at radius 1 is 1.23 bits per heavy atom. The van der Waals surface area contributed by atoms with E-state index in [9.17, 15) is 18.0 Å². The lowest BCUT2D eigenvalue weighted by atomic mass is 10.1. The van der Waals surface area contributed by atoms with Crippen molar-refractivity contribution in [2.75, 3.05) is 22.9 Å². The Bertz CT molecular complexity index is 824. The van der Waals surface area contributed by atoms with Gasteiger partial charge in [0.2, 0.25) is 12.4 Å². The van der Waals surface area contributed by atoms with Crippen LogP contribution in [0.3, 0.4) is 0 Å². The van der Waals surface area contributed by atoms with E-state index in [0.717, 1.165) is 4.90 Å². The highest BCUT2D eigenvalue weighted by Gasteiger charge is 2.35. The molecule has 5 nitrogen and oxygen atoms in total. The lowest BCUT2D eigenvalue weighted by Gasteiger charge is -2.32. The van der Waals surface area contributed by atoms with Crippen LogP contribution in [-0.2, 0) is 4.79 Å². The molecule has 0 spiro atoms. The average Bonchev–Trinajstić information content (AvgIpc) is 2.57. The molecule has 0 bridgehead atoms. The third kappa shape index (κ3) is 4.08. The van der Waals surface area contributed by atoms with Gasteiger partial charge in [0.15, 0.2) is 0 Å². The van der Waals surface area contributed by atoms with Gasteiger partial charge in [0, 0.05) is 41.3 Å². The van der Waals surface area contributed by atoms with E-state index in [-0.39, 0.29) is 43.4 Å². The zero-order valence-electron chi connectivity index (χ0n) is 13.9. The smallest absolute Gasteiger partial charge is 0.251 e. The first-order valence-corrected chi connectivity index (χ1v) is 9.05. The standard InChI is InChI=1S/C17H16F3IN4O/c1-11-8-15(25(10-26)14-3-2-12(21)9-13(14)18)23-16(22-11)24-6-4-17(19,20)5-7-24/h2-3,8-10H,4-7H2,1H3. The number of nitrogens with zero attached hydrogens (tertiary/aromatic N) is 4. The number of aryl methyl sites for hydroxylation is 1. The highest BCUT2D eigenvalue weighted by atomic mass is 127. The normalized spacial score (nSPS) is 16.4. The molecule has 9 heteroatoms. The quantitative estimate of drug-likeness (QED) is 0.494. The van der Waals surface area contributed by atoms with Gasteiger partial charge in [-0.25, -0.2) is 18.2 Å².